The van der Waals surface area contributed by atoms with Crippen LogP contribution in [0.1, 0.15) is 43.9 Å². The molecule has 3 aliphatic rings. The Hall–Kier alpha value is -2.44. The van der Waals surface area contributed by atoms with E-state index in [2.05, 4.69) is 10.2 Å². The molecule has 1 saturated heterocycles. The third-order valence-corrected chi connectivity index (χ3v) is 7.03. The molecule has 7 heteroatoms. The predicted octanol–water partition coefficient (Wildman–Crippen LogP) is 3.92. The van der Waals surface area contributed by atoms with Crippen LogP contribution in [0.15, 0.2) is 30.3 Å². The second-order valence-electron chi connectivity index (χ2n) is 8.75. The van der Waals surface area contributed by atoms with Crippen LogP contribution in [0.4, 0.5) is 13.2 Å². The molecule has 28 heavy (non-hydrogen) atoms. The van der Waals surface area contributed by atoms with Gasteiger partial charge in [-0.2, -0.15) is 10.2 Å². The van der Waals surface area contributed by atoms with Crippen LogP contribution in [0.2, 0.25) is 0 Å². The summed E-state index contributed by atoms with van der Waals surface area (Å²) in [6.07, 6.45) is 1.35. The summed E-state index contributed by atoms with van der Waals surface area (Å²) < 4.78 is 41.0. The van der Waals surface area contributed by atoms with E-state index >= 15 is 0 Å². The molecule has 1 amide bonds. The third kappa shape index (κ3) is 2.05. The molecule has 1 aromatic carbocycles. The van der Waals surface area contributed by atoms with E-state index in [1.54, 1.807) is 18.2 Å². The maximum Gasteiger partial charge on any atom is 0.282 e. The number of carbonyl (C=O) groups is 1. The van der Waals surface area contributed by atoms with Gasteiger partial charge in [-0.25, -0.2) is 13.2 Å². The smallest absolute Gasteiger partial charge is 0.282 e. The molecule has 2 heterocycles. The van der Waals surface area contributed by atoms with E-state index < -0.39 is 29.8 Å². The first-order chi connectivity index (χ1) is 13.2. The summed E-state index contributed by atoms with van der Waals surface area (Å²) in [6.45, 7) is 2.94. The molecule has 0 N–H and O–H groups in total. The minimum Gasteiger partial charge on any atom is -0.330 e. The van der Waals surface area contributed by atoms with Gasteiger partial charge in [-0.15, -0.1) is 0 Å². The summed E-state index contributed by atoms with van der Waals surface area (Å²) in [6, 6.07) is 8.19. The van der Waals surface area contributed by atoms with E-state index in [0.29, 0.717) is 23.4 Å². The zero-order valence-electron chi connectivity index (χ0n) is 15.7. The van der Waals surface area contributed by atoms with Crippen LogP contribution in [-0.4, -0.2) is 40.0 Å². The largest absolute Gasteiger partial charge is 0.330 e. The Balaban J connectivity index is 1.61. The molecule has 2 fully saturated rings. The van der Waals surface area contributed by atoms with E-state index in [-0.39, 0.29) is 17.6 Å². The van der Waals surface area contributed by atoms with Crippen molar-refractivity contribution in [2.45, 2.75) is 43.9 Å². The molecule has 2 aliphatic carbocycles. The van der Waals surface area contributed by atoms with Crippen molar-refractivity contribution in [3.63, 3.8) is 0 Å². The molecule has 0 spiro atoms. The van der Waals surface area contributed by atoms with Gasteiger partial charge in [-0.05, 0) is 47.9 Å². The Morgan fingerprint density at radius 2 is 1.89 bits per heavy atom. The molecule has 1 saturated carbocycles. The molecule has 1 aliphatic heterocycles. The van der Waals surface area contributed by atoms with Crippen molar-refractivity contribution in [3.05, 3.63) is 47.4 Å². The fourth-order valence-electron chi connectivity index (χ4n) is 5.52. The third-order valence-electron chi connectivity index (χ3n) is 7.03. The van der Waals surface area contributed by atoms with E-state index in [1.807, 2.05) is 19.9 Å². The Bertz CT molecular complexity index is 998. The van der Waals surface area contributed by atoms with Gasteiger partial charge in [0, 0.05) is 5.56 Å². The second-order valence-corrected chi connectivity index (χ2v) is 8.75. The van der Waals surface area contributed by atoms with Gasteiger partial charge in [-0.3, -0.25) is 4.79 Å². The number of aromatic nitrogens is 2. The van der Waals surface area contributed by atoms with Gasteiger partial charge in [0.1, 0.15) is 5.82 Å². The lowest BCUT2D eigenvalue weighted by Crippen LogP contribution is -2.64. The van der Waals surface area contributed by atoms with E-state index in [0.717, 1.165) is 12.0 Å². The maximum absolute atomic E-state index is 14.2. The van der Waals surface area contributed by atoms with Crippen LogP contribution in [-0.2, 0) is 10.2 Å². The van der Waals surface area contributed by atoms with Crippen molar-refractivity contribution in [3.8, 4) is 11.3 Å². The highest BCUT2D eigenvalue weighted by Crippen LogP contribution is 2.68. The van der Waals surface area contributed by atoms with Gasteiger partial charge in [0.05, 0.1) is 29.9 Å². The van der Waals surface area contributed by atoms with Crippen molar-refractivity contribution in [2.24, 2.45) is 5.41 Å². The van der Waals surface area contributed by atoms with E-state index in [4.69, 9.17) is 0 Å². The molecular formula is C21H20F3N3O. The van der Waals surface area contributed by atoms with Gasteiger partial charge in [0.15, 0.2) is 0 Å². The fraction of sp³-hybridized carbons (Fsp3) is 0.476. The number of nitrogens with zero attached hydrogens (tertiary/aromatic N) is 3. The average molecular weight is 387 g/mol. The lowest BCUT2D eigenvalue weighted by molar-refractivity contribution is -0.174. The molecule has 5 rings (SSSR count). The minimum atomic E-state index is -2.81. The van der Waals surface area contributed by atoms with Crippen LogP contribution in [0.3, 0.4) is 0 Å². The number of hydrogen-bond acceptors (Lipinski definition) is 3. The van der Waals surface area contributed by atoms with Crippen LogP contribution in [0.25, 0.3) is 11.3 Å². The Morgan fingerprint density at radius 3 is 2.57 bits per heavy atom. The molecule has 146 valence electrons. The summed E-state index contributed by atoms with van der Waals surface area (Å²) in [5.74, 6) is -3.41. The Labute approximate surface area is 160 Å². The van der Waals surface area contributed by atoms with Crippen LogP contribution in [0.5, 0.6) is 0 Å². The molecule has 2 aromatic rings. The van der Waals surface area contributed by atoms with Crippen LogP contribution >= 0.6 is 0 Å². The first kappa shape index (κ1) is 17.6. The summed E-state index contributed by atoms with van der Waals surface area (Å²) in [7, 11) is 0. The van der Waals surface area contributed by atoms with Gasteiger partial charge in [0.25, 0.3) is 5.92 Å². The lowest BCUT2D eigenvalue weighted by Gasteiger charge is -2.46. The maximum atomic E-state index is 14.2. The van der Waals surface area contributed by atoms with Gasteiger partial charge in [-0.1, -0.05) is 26.0 Å². The van der Waals surface area contributed by atoms with Crippen molar-refractivity contribution < 1.29 is 18.0 Å². The fourth-order valence-corrected chi connectivity index (χ4v) is 5.52. The van der Waals surface area contributed by atoms with E-state index in [9.17, 15) is 18.0 Å². The quantitative estimate of drug-likeness (QED) is 0.785. The monoisotopic (exact) mass is 387 g/mol. The van der Waals surface area contributed by atoms with Crippen molar-refractivity contribution in [1.29, 1.82) is 0 Å². The highest BCUT2D eigenvalue weighted by Gasteiger charge is 2.69. The number of rotatable bonds is 2. The predicted molar refractivity (Wildman–Crippen MR) is 96.4 cm³/mol. The zero-order chi connectivity index (χ0) is 19.9. The average Bonchev–Trinajstić information content (AvgIpc) is 3.01. The Morgan fingerprint density at radius 1 is 1.18 bits per heavy atom. The van der Waals surface area contributed by atoms with Gasteiger partial charge in [0.2, 0.25) is 5.91 Å². The number of carbonyl (C=O) groups excluding carboxylic acids is 1. The number of benzene rings is 1. The summed E-state index contributed by atoms with van der Waals surface area (Å²) in [5.41, 5.74) is 0.864. The Kier molecular flexibility index (Phi) is 3.36. The summed E-state index contributed by atoms with van der Waals surface area (Å²) in [5, 5.41) is 8.59. The number of halogens is 3. The second kappa shape index (κ2) is 5.33. The standard InChI is InChI=1S/C21H20F3N3O/c1-19(2)14-7-8-21(19,18(28)27-10-20(23,24)11-27)17-13(14)9-16(25-26-17)12-5-3-4-6-15(12)22/h3-6,9,14H,7-8,10-11H2,1-2H3/t14-,21+/m1/s1. The van der Waals surface area contributed by atoms with Crippen molar-refractivity contribution >= 4 is 5.91 Å². The summed E-state index contributed by atoms with van der Waals surface area (Å²) >= 11 is 0. The molecule has 0 unspecified atom stereocenters. The van der Waals surface area contributed by atoms with Gasteiger partial charge < -0.3 is 4.90 Å². The number of hydrogen-bond donors (Lipinski definition) is 0. The van der Waals surface area contributed by atoms with E-state index in [1.165, 1.54) is 11.0 Å². The summed E-state index contributed by atoms with van der Waals surface area (Å²) in [4.78, 5) is 14.6. The lowest BCUT2D eigenvalue weighted by atomic mass is 9.67. The SMILES string of the molecule is CC1(C)[C@@H]2CC[C@@]1(C(=O)N1CC(F)(F)C1)c1nnc(-c3ccccc3F)cc12. The van der Waals surface area contributed by atoms with Crippen molar-refractivity contribution in [1.82, 2.24) is 15.1 Å². The minimum absolute atomic E-state index is 0.0641. The topological polar surface area (TPSA) is 46.1 Å². The molecule has 0 radical (unpaired) electrons. The molecule has 4 nitrogen and oxygen atoms in total. The molecule has 1 aromatic heterocycles. The zero-order valence-corrected chi connectivity index (χ0v) is 15.7. The van der Waals surface area contributed by atoms with Crippen LogP contribution in [0, 0.1) is 11.2 Å². The number of alkyl halides is 2. The normalized spacial score (nSPS) is 28.8. The highest BCUT2D eigenvalue weighted by atomic mass is 19.3. The number of amides is 1. The van der Waals surface area contributed by atoms with Crippen LogP contribution < -0.4 is 0 Å². The first-order valence-corrected chi connectivity index (χ1v) is 9.48. The molecular weight excluding hydrogens is 367 g/mol. The molecule has 2 atom stereocenters. The first-order valence-electron chi connectivity index (χ1n) is 9.48. The highest BCUT2D eigenvalue weighted by molar-refractivity contribution is 5.92. The van der Waals surface area contributed by atoms with Crippen molar-refractivity contribution in [2.75, 3.05) is 13.1 Å². The number of likely N-dealkylation sites (tertiary alicyclic amines) is 1. The number of fused-ring (bicyclic) bond motifs is 5. The molecule has 2 bridgehead atoms. The van der Waals surface area contributed by atoms with Gasteiger partial charge >= 0.3 is 0 Å².